The fourth-order valence-corrected chi connectivity index (χ4v) is 2.69. The number of nitro groups is 1. The molecule has 18 heavy (non-hydrogen) atoms. The van der Waals surface area contributed by atoms with Crippen molar-refractivity contribution in [2.45, 2.75) is 25.8 Å². The van der Waals surface area contributed by atoms with E-state index in [4.69, 9.17) is 0 Å². The lowest BCUT2D eigenvalue weighted by molar-refractivity contribution is -0.384. The third-order valence-electron chi connectivity index (χ3n) is 3.39. The molecule has 0 aliphatic carbocycles. The molecule has 2 rings (SSSR count). The first-order chi connectivity index (χ1) is 8.56. The van der Waals surface area contributed by atoms with E-state index in [9.17, 15) is 10.1 Å². The molecule has 0 aliphatic rings. The molecule has 96 valence electrons. The van der Waals surface area contributed by atoms with Gasteiger partial charge >= 0.3 is 0 Å². The van der Waals surface area contributed by atoms with Crippen LogP contribution in [0, 0.1) is 10.1 Å². The number of nitrogens with one attached hydrogen (secondary N) is 1. The van der Waals surface area contributed by atoms with E-state index in [1.807, 2.05) is 33.0 Å². The maximum Gasteiger partial charge on any atom is 0.299 e. The number of benzene rings is 1. The molecule has 1 N–H and O–H groups in total. The molecular formula is C12H15N3O2S. The van der Waals surface area contributed by atoms with Crippen molar-refractivity contribution >= 4 is 27.2 Å². The number of fused-ring (bicyclic) bond motifs is 1. The normalized spacial score (nSPS) is 14.6. The smallest absolute Gasteiger partial charge is 0.299 e. The first-order valence-electron chi connectivity index (χ1n) is 5.74. The number of rotatable bonds is 4. The van der Waals surface area contributed by atoms with E-state index in [1.54, 1.807) is 5.51 Å². The zero-order valence-electron chi connectivity index (χ0n) is 10.5. The molecule has 1 heterocycles. The van der Waals surface area contributed by atoms with E-state index in [1.165, 1.54) is 11.3 Å². The van der Waals surface area contributed by atoms with Crippen molar-refractivity contribution in [3.8, 4) is 0 Å². The van der Waals surface area contributed by atoms with Crippen LogP contribution in [-0.2, 0) is 0 Å². The third-order valence-corrected chi connectivity index (χ3v) is 4.18. The lowest BCUT2D eigenvalue weighted by Gasteiger charge is -2.19. The fourth-order valence-electron chi connectivity index (χ4n) is 2.01. The number of nitrogens with zero attached hydrogens (tertiary/aromatic N) is 2. The van der Waals surface area contributed by atoms with E-state index in [0.29, 0.717) is 5.52 Å². The molecule has 0 spiro atoms. The van der Waals surface area contributed by atoms with E-state index in [0.717, 1.165) is 10.3 Å². The molecule has 2 atom stereocenters. The number of hydrogen-bond donors (Lipinski definition) is 1. The van der Waals surface area contributed by atoms with Gasteiger partial charge in [-0.15, -0.1) is 11.3 Å². The van der Waals surface area contributed by atoms with Crippen LogP contribution in [0.3, 0.4) is 0 Å². The zero-order valence-corrected chi connectivity index (χ0v) is 11.3. The summed E-state index contributed by atoms with van der Waals surface area (Å²) in [4.78, 5) is 15.1. The Balaban J connectivity index is 2.62. The Morgan fingerprint density at radius 3 is 2.78 bits per heavy atom. The summed E-state index contributed by atoms with van der Waals surface area (Å²) in [6.45, 7) is 4.00. The standard InChI is InChI=1S/C12H15N3O2S/c1-7(8(2)13-3)9-4-5-10-11(14-6-18-10)12(9)15(16)17/h4-8,13H,1-3H3. The molecule has 0 amide bonds. The molecule has 5 nitrogen and oxygen atoms in total. The Hall–Kier alpha value is -1.53. The summed E-state index contributed by atoms with van der Waals surface area (Å²) in [6.07, 6.45) is 0. The van der Waals surface area contributed by atoms with Crippen LogP contribution in [-0.4, -0.2) is 23.0 Å². The largest absolute Gasteiger partial charge is 0.317 e. The molecular weight excluding hydrogens is 250 g/mol. The van der Waals surface area contributed by atoms with Gasteiger partial charge in [0.15, 0.2) is 5.52 Å². The van der Waals surface area contributed by atoms with E-state index in [2.05, 4.69) is 10.3 Å². The summed E-state index contributed by atoms with van der Waals surface area (Å²) in [6, 6.07) is 3.92. The van der Waals surface area contributed by atoms with Crippen LogP contribution in [0.1, 0.15) is 25.3 Å². The maximum absolute atomic E-state index is 11.3. The van der Waals surface area contributed by atoms with Crippen LogP contribution in [0.4, 0.5) is 5.69 Å². The van der Waals surface area contributed by atoms with Crippen molar-refractivity contribution in [2.75, 3.05) is 7.05 Å². The van der Waals surface area contributed by atoms with Gasteiger partial charge in [0.2, 0.25) is 0 Å². The van der Waals surface area contributed by atoms with E-state index < -0.39 is 0 Å². The molecule has 0 saturated heterocycles. The molecule has 0 bridgehead atoms. The topological polar surface area (TPSA) is 68.1 Å². The molecule has 1 aromatic heterocycles. The first-order valence-corrected chi connectivity index (χ1v) is 6.62. The summed E-state index contributed by atoms with van der Waals surface area (Å²) in [5.74, 6) is 0.0569. The predicted molar refractivity (Wildman–Crippen MR) is 73.2 cm³/mol. The maximum atomic E-state index is 11.3. The lowest BCUT2D eigenvalue weighted by Crippen LogP contribution is -2.27. The van der Waals surface area contributed by atoms with Crippen molar-refractivity contribution < 1.29 is 4.92 Å². The average Bonchev–Trinajstić information content (AvgIpc) is 2.83. The van der Waals surface area contributed by atoms with Crippen LogP contribution in [0.25, 0.3) is 10.2 Å². The highest BCUT2D eigenvalue weighted by molar-refractivity contribution is 7.16. The highest BCUT2D eigenvalue weighted by Crippen LogP contribution is 2.35. The SMILES string of the molecule is CNC(C)C(C)c1ccc2scnc2c1[N+](=O)[O-]. The monoisotopic (exact) mass is 265 g/mol. The third kappa shape index (κ3) is 2.09. The summed E-state index contributed by atoms with van der Waals surface area (Å²) in [5, 5.41) is 14.4. The van der Waals surface area contributed by atoms with Gasteiger partial charge in [-0.2, -0.15) is 0 Å². The zero-order chi connectivity index (χ0) is 13.3. The Morgan fingerprint density at radius 2 is 2.17 bits per heavy atom. The molecule has 0 aliphatic heterocycles. The fraction of sp³-hybridized carbons (Fsp3) is 0.417. The second-order valence-electron chi connectivity index (χ2n) is 4.33. The molecule has 6 heteroatoms. The van der Waals surface area contributed by atoms with Crippen LogP contribution >= 0.6 is 11.3 Å². The number of aromatic nitrogens is 1. The van der Waals surface area contributed by atoms with E-state index >= 15 is 0 Å². The van der Waals surface area contributed by atoms with Crippen LogP contribution in [0.15, 0.2) is 17.6 Å². The molecule has 1 aromatic carbocycles. The van der Waals surface area contributed by atoms with Crippen molar-refractivity contribution in [3.63, 3.8) is 0 Å². The van der Waals surface area contributed by atoms with Crippen molar-refractivity contribution in [1.82, 2.24) is 10.3 Å². The molecule has 0 fully saturated rings. The average molecular weight is 265 g/mol. The minimum absolute atomic E-state index is 0.0569. The molecule has 0 saturated carbocycles. The van der Waals surface area contributed by atoms with Crippen LogP contribution in [0.5, 0.6) is 0 Å². The molecule has 2 unspecified atom stereocenters. The Labute approximate surface area is 109 Å². The second kappa shape index (κ2) is 4.99. The van der Waals surface area contributed by atoms with Gasteiger partial charge in [0, 0.05) is 17.5 Å². The second-order valence-corrected chi connectivity index (χ2v) is 5.21. The number of likely N-dealkylation sites (N-methyl/N-ethyl adjacent to an activating group) is 1. The van der Waals surface area contributed by atoms with Gasteiger partial charge in [-0.25, -0.2) is 4.98 Å². The highest BCUT2D eigenvalue weighted by Gasteiger charge is 2.26. The lowest BCUT2D eigenvalue weighted by atomic mass is 9.92. The summed E-state index contributed by atoms with van der Waals surface area (Å²) >= 11 is 1.42. The number of thiazole rings is 1. The van der Waals surface area contributed by atoms with Crippen LogP contribution < -0.4 is 5.32 Å². The number of hydrogen-bond acceptors (Lipinski definition) is 5. The van der Waals surface area contributed by atoms with Gasteiger partial charge in [-0.05, 0) is 20.0 Å². The minimum Gasteiger partial charge on any atom is -0.317 e. The Morgan fingerprint density at radius 1 is 1.44 bits per heavy atom. The molecule has 0 radical (unpaired) electrons. The van der Waals surface area contributed by atoms with Crippen molar-refractivity contribution in [1.29, 1.82) is 0 Å². The van der Waals surface area contributed by atoms with Crippen LogP contribution in [0.2, 0.25) is 0 Å². The summed E-state index contributed by atoms with van der Waals surface area (Å²) < 4.78 is 0.856. The van der Waals surface area contributed by atoms with E-state index in [-0.39, 0.29) is 22.6 Å². The van der Waals surface area contributed by atoms with Gasteiger partial charge < -0.3 is 5.32 Å². The van der Waals surface area contributed by atoms with Crippen molar-refractivity contribution in [2.24, 2.45) is 0 Å². The van der Waals surface area contributed by atoms with Gasteiger partial charge in [-0.1, -0.05) is 13.0 Å². The van der Waals surface area contributed by atoms with Gasteiger partial charge in [0.1, 0.15) is 0 Å². The highest BCUT2D eigenvalue weighted by atomic mass is 32.1. The number of nitro benzene ring substituents is 1. The summed E-state index contributed by atoms with van der Waals surface area (Å²) in [5.41, 5.74) is 3.02. The van der Waals surface area contributed by atoms with Gasteiger partial charge in [0.25, 0.3) is 5.69 Å². The quantitative estimate of drug-likeness (QED) is 0.681. The first kappa shape index (κ1) is 12.9. The molecule has 2 aromatic rings. The Bertz CT molecular complexity index is 582. The summed E-state index contributed by atoms with van der Waals surface area (Å²) in [7, 11) is 1.86. The van der Waals surface area contributed by atoms with Gasteiger partial charge in [-0.3, -0.25) is 10.1 Å². The Kier molecular flexibility index (Phi) is 3.58. The van der Waals surface area contributed by atoms with Crippen molar-refractivity contribution in [3.05, 3.63) is 33.3 Å². The predicted octanol–water partition coefficient (Wildman–Crippen LogP) is 2.92. The minimum atomic E-state index is -0.323. The van der Waals surface area contributed by atoms with Gasteiger partial charge in [0.05, 0.1) is 15.1 Å².